The zero-order chi connectivity index (χ0) is 12.3. The van der Waals surface area contributed by atoms with E-state index in [-0.39, 0.29) is 11.7 Å². The lowest BCUT2D eigenvalue weighted by atomic mass is 10.2. The molecular weight excluding hydrogens is 221 g/mol. The Morgan fingerprint density at radius 1 is 1.41 bits per heavy atom. The zero-order valence-electron chi connectivity index (χ0n) is 9.35. The van der Waals surface area contributed by atoms with E-state index in [1.165, 1.54) is 18.3 Å². The molecule has 4 nitrogen and oxygen atoms in total. The molecule has 88 valence electrons. The van der Waals surface area contributed by atoms with Crippen LogP contribution in [0.5, 0.6) is 0 Å². The van der Waals surface area contributed by atoms with Gasteiger partial charge in [-0.05, 0) is 17.7 Å². The van der Waals surface area contributed by atoms with Crippen LogP contribution in [-0.4, -0.2) is 15.7 Å². The van der Waals surface area contributed by atoms with Gasteiger partial charge in [0.2, 0.25) is 0 Å². The van der Waals surface area contributed by atoms with Crippen LogP contribution in [0.2, 0.25) is 0 Å². The van der Waals surface area contributed by atoms with Gasteiger partial charge in [0.1, 0.15) is 5.82 Å². The van der Waals surface area contributed by atoms with Crippen molar-refractivity contribution in [1.82, 2.24) is 15.1 Å². The Hall–Kier alpha value is -2.17. The molecule has 0 saturated carbocycles. The van der Waals surface area contributed by atoms with E-state index in [4.69, 9.17) is 0 Å². The van der Waals surface area contributed by atoms with Gasteiger partial charge in [0, 0.05) is 19.8 Å². The van der Waals surface area contributed by atoms with E-state index in [1.54, 1.807) is 30.1 Å². The van der Waals surface area contributed by atoms with Crippen LogP contribution in [0.25, 0.3) is 0 Å². The highest BCUT2D eigenvalue weighted by Crippen LogP contribution is 2.03. The molecule has 1 amide bonds. The first-order valence-corrected chi connectivity index (χ1v) is 5.16. The van der Waals surface area contributed by atoms with Gasteiger partial charge in [0.15, 0.2) is 0 Å². The third kappa shape index (κ3) is 2.90. The van der Waals surface area contributed by atoms with Gasteiger partial charge in [-0.25, -0.2) is 4.39 Å². The van der Waals surface area contributed by atoms with Gasteiger partial charge < -0.3 is 5.32 Å². The molecule has 0 bridgehead atoms. The van der Waals surface area contributed by atoms with Crippen LogP contribution < -0.4 is 5.32 Å². The molecule has 0 radical (unpaired) electrons. The molecular formula is C12H12FN3O. The molecule has 2 aromatic rings. The summed E-state index contributed by atoms with van der Waals surface area (Å²) < 4.78 is 14.2. The van der Waals surface area contributed by atoms with E-state index < -0.39 is 0 Å². The van der Waals surface area contributed by atoms with Crippen molar-refractivity contribution in [2.75, 3.05) is 0 Å². The minimum Gasteiger partial charge on any atom is -0.348 e. The van der Waals surface area contributed by atoms with Crippen molar-refractivity contribution < 1.29 is 9.18 Å². The lowest BCUT2D eigenvalue weighted by Gasteiger charge is -2.03. The highest BCUT2D eigenvalue weighted by Gasteiger charge is 2.06. The summed E-state index contributed by atoms with van der Waals surface area (Å²) in [5, 5.41) is 6.64. The average molecular weight is 233 g/mol. The van der Waals surface area contributed by atoms with E-state index >= 15 is 0 Å². The summed E-state index contributed by atoms with van der Waals surface area (Å²) in [5.41, 5.74) is 1.36. The quantitative estimate of drug-likeness (QED) is 0.873. The summed E-state index contributed by atoms with van der Waals surface area (Å²) in [6.07, 6.45) is 3.14. The Balaban J connectivity index is 1.94. The predicted molar refractivity (Wildman–Crippen MR) is 60.8 cm³/mol. The van der Waals surface area contributed by atoms with Crippen molar-refractivity contribution in [3.05, 3.63) is 53.6 Å². The van der Waals surface area contributed by atoms with E-state index in [0.717, 1.165) is 5.56 Å². The van der Waals surface area contributed by atoms with Crippen molar-refractivity contribution in [3.63, 3.8) is 0 Å². The van der Waals surface area contributed by atoms with E-state index in [0.29, 0.717) is 12.1 Å². The molecule has 1 aromatic carbocycles. The molecule has 0 fully saturated rings. The van der Waals surface area contributed by atoms with Crippen molar-refractivity contribution in [1.29, 1.82) is 0 Å². The number of nitrogens with zero attached hydrogens (tertiary/aromatic N) is 2. The number of carbonyl (C=O) groups is 1. The standard InChI is InChI=1S/C12H12FN3O/c1-16-8-10(7-15-16)12(17)14-6-9-2-4-11(13)5-3-9/h2-5,7-8H,6H2,1H3,(H,14,17). The van der Waals surface area contributed by atoms with Crippen LogP contribution in [0.15, 0.2) is 36.7 Å². The first-order valence-electron chi connectivity index (χ1n) is 5.16. The van der Waals surface area contributed by atoms with E-state index in [2.05, 4.69) is 10.4 Å². The number of hydrogen-bond acceptors (Lipinski definition) is 2. The summed E-state index contributed by atoms with van der Waals surface area (Å²) >= 11 is 0. The molecule has 5 heteroatoms. The number of aromatic nitrogens is 2. The molecule has 0 spiro atoms. The molecule has 2 rings (SSSR count). The number of rotatable bonds is 3. The first-order chi connectivity index (χ1) is 8.15. The molecule has 0 aliphatic rings. The van der Waals surface area contributed by atoms with Crippen LogP contribution >= 0.6 is 0 Å². The average Bonchev–Trinajstić information content (AvgIpc) is 2.75. The third-order valence-electron chi connectivity index (χ3n) is 2.33. The molecule has 1 heterocycles. The Labute approximate surface area is 98.1 Å². The largest absolute Gasteiger partial charge is 0.348 e. The van der Waals surface area contributed by atoms with E-state index in [1.807, 2.05) is 0 Å². The second kappa shape index (κ2) is 4.78. The zero-order valence-corrected chi connectivity index (χ0v) is 9.35. The number of nitrogens with one attached hydrogen (secondary N) is 1. The number of benzene rings is 1. The summed E-state index contributed by atoms with van der Waals surface area (Å²) in [7, 11) is 1.75. The topological polar surface area (TPSA) is 46.9 Å². The van der Waals surface area contributed by atoms with Gasteiger partial charge >= 0.3 is 0 Å². The summed E-state index contributed by atoms with van der Waals surface area (Å²) in [6, 6.07) is 6.01. The molecule has 1 aromatic heterocycles. The second-order valence-electron chi connectivity index (χ2n) is 3.71. The van der Waals surface area contributed by atoms with Crippen LogP contribution in [0, 0.1) is 5.82 Å². The minimum absolute atomic E-state index is 0.192. The lowest BCUT2D eigenvalue weighted by Crippen LogP contribution is -2.22. The number of amides is 1. The third-order valence-corrected chi connectivity index (χ3v) is 2.33. The Morgan fingerprint density at radius 3 is 2.71 bits per heavy atom. The second-order valence-corrected chi connectivity index (χ2v) is 3.71. The van der Waals surface area contributed by atoms with Gasteiger partial charge in [-0.1, -0.05) is 12.1 Å². The van der Waals surface area contributed by atoms with Crippen molar-refractivity contribution >= 4 is 5.91 Å². The SMILES string of the molecule is Cn1cc(C(=O)NCc2ccc(F)cc2)cn1. The summed E-state index contributed by atoms with van der Waals surface area (Å²) in [5.74, 6) is -0.477. The van der Waals surface area contributed by atoms with Gasteiger partial charge in [-0.2, -0.15) is 5.10 Å². The maximum atomic E-state index is 12.7. The lowest BCUT2D eigenvalue weighted by molar-refractivity contribution is 0.0951. The normalized spacial score (nSPS) is 10.2. The maximum Gasteiger partial charge on any atom is 0.254 e. The minimum atomic E-state index is -0.285. The Bertz CT molecular complexity index is 519. The first kappa shape index (κ1) is 11.3. The number of carbonyl (C=O) groups excluding carboxylic acids is 1. The number of aryl methyl sites for hydroxylation is 1. The van der Waals surface area contributed by atoms with Gasteiger partial charge in [0.05, 0.1) is 11.8 Å². The highest BCUT2D eigenvalue weighted by molar-refractivity contribution is 5.93. The molecule has 0 unspecified atom stereocenters. The Kier molecular flexibility index (Phi) is 3.18. The fourth-order valence-electron chi connectivity index (χ4n) is 1.43. The van der Waals surface area contributed by atoms with Gasteiger partial charge in [0.25, 0.3) is 5.91 Å². The van der Waals surface area contributed by atoms with Gasteiger partial charge in [-0.15, -0.1) is 0 Å². The molecule has 0 aliphatic heterocycles. The number of hydrogen-bond donors (Lipinski definition) is 1. The summed E-state index contributed by atoms with van der Waals surface area (Å²) in [6.45, 7) is 0.369. The van der Waals surface area contributed by atoms with Gasteiger partial charge in [-0.3, -0.25) is 9.48 Å². The highest BCUT2D eigenvalue weighted by atomic mass is 19.1. The van der Waals surface area contributed by atoms with Crippen LogP contribution in [0.4, 0.5) is 4.39 Å². The predicted octanol–water partition coefficient (Wildman–Crippen LogP) is 1.49. The van der Waals surface area contributed by atoms with Crippen molar-refractivity contribution in [2.24, 2.45) is 7.05 Å². The maximum absolute atomic E-state index is 12.7. The van der Waals surface area contributed by atoms with Crippen molar-refractivity contribution in [2.45, 2.75) is 6.54 Å². The Morgan fingerprint density at radius 2 is 2.12 bits per heavy atom. The molecule has 0 saturated heterocycles. The smallest absolute Gasteiger partial charge is 0.254 e. The monoisotopic (exact) mass is 233 g/mol. The number of halogens is 1. The van der Waals surface area contributed by atoms with Crippen LogP contribution in [0.3, 0.4) is 0 Å². The fraction of sp³-hybridized carbons (Fsp3) is 0.167. The van der Waals surface area contributed by atoms with E-state index in [9.17, 15) is 9.18 Å². The molecule has 0 aliphatic carbocycles. The molecule has 0 atom stereocenters. The molecule has 1 N–H and O–H groups in total. The van der Waals surface area contributed by atoms with Crippen molar-refractivity contribution in [3.8, 4) is 0 Å². The summed E-state index contributed by atoms with van der Waals surface area (Å²) in [4.78, 5) is 11.7. The van der Waals surface area contributed by atoms with Crippen LogP contribution in [0.1, 0.15) is 15.9 Å². The fourth-order valence-corrected chi connectivity index (χ4v) is 1.43. The van der Waals surface area contributed by atoms with Crippen LogP contribution in [-0.2, 0) is 13.6 Å². The molecule has 17 heavy (non-hydrogen) atoms.